The van der Waals surface area contributed by atoms with Gasteiger partial charge in [0.05, 0.1) is 17.8 Å². The van der Waals surface area contributed by atoms with Crippen LogP contribution in [-0.4, -0.2) is 41.0 Å². The molecular formula is C14H17F3N2O3. The maximum atomic E-state index is 12.8. The van der Waals surface area contributed by atoms with Crippen LogP contribution in [0.15, 0.2) is 24.3 Å². The van der Waals surface area contributed by atoms with Crippen molar-refractivity contribution in [2.75, 3.05) is 18.4 Å². The molecule has 0 heterocycles. The monoisotopic (exact) mass is 318 g/mol. The molecule has 0 unspecified atom stereocenters. The normalized spacial score (nSPS) is 13.0. The molecule has 1 aromatic rings. The molecule has 1 amide bonds. The molecule has 8 heteroatoms. The third kappa shape index (κ3) is 4.73. The van der Waals surface area contributed by atoms with Crippen molar-refractivity contribution in [3.8, 4) is 0 Å². The number of anilines is 1. The standard InChI is InChI=1S/C14H17F3N2O3/c1-3-19(9(2)13(21)22)8-12(20)18-11-7-5-4-6-10(11)14(15,16)17/h4-7,9H,3,8H2,1-2H3,(H,18,20)(H,21,22)/t9-/m1/s1. The molecule has 5 nitrogen and oxygen atoms in total. The van der Waals surface area contributed by atoms with Gasteiger partial charge in [0.25, 0.3) is 0 Å². The van der Waals surface area contributed by atoms with Crippen molar-refractivity contribution in [2.45, 2.75) is 26.1 Å². The summed E-state index contributed by atoms with van der Waals surface area (Å²) in [4.78, 5) is 24.1. The Morgan fingerprint density at radius 1 is 1.32 bits per heavy atom. The highest BCUT2D eigenvalue weighted by Gasteiger charge is 2.33. The zero-order valence-electron chi connectivity index (χ0n) is 12.1. The molecule has 0 spiro atoms. The first-order valence-electron chi connectivity index (χ1n) is 6.59. The van der Waals surface area contributed by atoms with Gasteiger partial charge in [-0.25, -0.2) is 0 Å². The smallest absolute Gasteiger partial charge is 0.418 e. The largest absolute Gasteiger partial charge is 0.480 e. The molecule has 0 saturated carbocycles. The van der Waals surface area contributed by atoms with E-state index in [4.69, 9.17) is 5.11 Å². The number of benzene rings is 1. The van der Waals surface area contributed by atoms with Crippen LogP contribution in [0.5, 0.6) is 0 Å². The molecule has 0 aliphatic rings. The van der Waals surface area contributed by atoms with Gasteiger partial charge in [-0.3, -0.25) is 14.5 Å². The number of carboxylic acids is 1. The van der Waals surface area contributed by atoms with Gasteiger partial charge in [0.1, 0.15) is 6.04 Å². The molecular weight excluding hydrogens is 301 g/mol. The highest BCUT2D eigenvalue weighted by Crippen LogP contribution is 2.34. The predicted octanol–water partition coefficient (Wildman–Crippen LogP) is 2.44. The summed E-state index contributed by atoms with van der Waals surface area (Å²) < 4.78 is 38.5. The number of hydrogen-bond acceptors (Lipinski definition) is 3. The van der Waals surface area contributed by atoms with Crippen LogP contribution in [-0.2, 0) is 15.8 Å². The van der Waals surface area contributed by atoms with Gasteiger partial charge in [-0.1, -0.05) is 19.1 Å². The number of hydrogen-bond donors (Lipinski definition) is 2. The number of halogens is 3. The number of carbonyl (C=O) groups excluding carboxylic acids is 1. The number of likely N-dealkylation sites (N-methyl/N-ethyl adjacent to an activating group) is 1. The zero-order chi connectivity index (χ0) is 16.9. The van der Waals surface area contributed by atoms with Crippen LogP contribution in [0.25, 0.3) is 0 Å². The fraction of sp³-hybridized carbons (Fsp3) is 0.429. The second kappa shape index (κ2) is 7.26. The van der Waals surface area contributed by atoms with Crippen molar-refractivity contribution in [1.82, 2.24) is 4.90 Å². The number of carbonyl (C=O) groups is 2. The lowest BCUT2D eigenvalue weighted by atomic mass is 10.1. The number of carboxylic acid groups (broad SMARTS) is 1. The minimum Gasteiger partial charge on any atom is -0.480 e. The molecule has 1 aromatic carbocycles. The average Bonchev–Trinajstić information content (AvgIpc) is 2.43. The zero-order valence-corrected chi connectivity index (χ0v) is 12.1. The molecule has 2 N–H and O–H groups in total. The Kier molecular flexibility index (Phi) is 5.92. The maximum Gasteiger partial charge on any atom is 0.418 e. The van der Waals surface area contributed by atoms with Gasteiger partial charge < -0.3 is 10.4 Å². The summed E-state index contributed by atoms with van der Waals surface area (Å²) in [6.07, 6.45) is -4.58. The first-order valence-corrected chi connectivity index (χ1v) is 6.59. The van der Waals surface area contributed by atoms with Crippen LogP contribution in [0.1, 0.15) is 19.4 Å². The molecule has 22 heavy (non-hydrogen) atoms. The minimum atomic E-state index is -4.58. The first kappa shape index (κ1) is 18.0. The summed E-state index contributed by atoms with van der Waals surface area (Å²) in [5.41, 5.74) is -1.29. The lowest BCUT2D eigenvalue weighted by Gasteiger charge is -2.24. The topological polar surface area (TPSA) is 69.6 Å². The Hall–Kier alpha value is -2.09. The minimum absolute atomic E-state index is 0.280. The predicted molar refractivity (Wildman–Crippen MR) is 74.4 cm³/mol. The van der Waals surface area contributed by atoms with Crippen LogP contribution in [0, 0.1) is 0 Å². The van der Waals surface area contributed by atoms with Gasteiger partial charge in [-0.2, -0.15) is 13.2 Å². The fourth-order valence-electron chi connectivity index (χ4n) is 1.89. The van der Waals surface area contributed by atoms with E-state index in [1.807, 2.05) is 0 Å². The number of rotatable bonds is 6. The van der Waals surface area contributed by atoms with Crippen LogP contribution < -0.4 is 5.32 Å². The summed E-state index contributed by atoms with van der Waals surface area (Å²) in [5, 5.41) is 11.1. The van der Waals surface area contributed by atoms with Gasteiger partial charge in [0.15, 0.2) is 0 Å². The summed E-state index contributed by atoms with van der Waals surface area (Å²) in [6.45, 7) is 3.04. The van der Waals surface area contributed by atoms with E-state index in [0.717, 1.165) is 12.1 Å². The number of nitrogens with zero attached hydrogens (tertiary/aromatic N) is 1. The highest BCUT2D eigenvalue weighted by atomic mass is 19.4. The molecule has 0 bridgehead atoms. The SMILES string of the molecule is CCN(CC(=O)Nc1ccccc1C(F)(F)F)[C@H](C)C(=O)O. The highest BCUT2D eigenvalue weighted by molar-refractivity contribution is 5.93. The van der Waals surface area contributed by atoms with Crippen LogP contribution in [0.2, 0.25) is 0 Å². The Labute approximate surface area is 125 Å². The molecule has 0 aliphatic carbocycles. The molecule has 0 aliphatic heterocycles. The average molecular weight is 318 g/mol. The van der Waals surface area contributed by atoms with Gasteiger partial charge >= 0.3 is 12.1 Å². The van der Waals surface area contributed by atoms with E-state index in [2.05, 4.69) is 5.32 Å². The number of amides is 1. The molecule has 0 fully saturated rings. The van der Waals surface area contributed by atoms with Crippen molar-refractivity contribution >= 4 is 17.6 Å². The van der Waals surface area contributed by atoms with E-state index < -0.39 is 29.7 Å². The Balaban J connectivity index is 2.84. The van der Waals surface area contributed by atoms with E-state index >= 15 is 0 Å². The molecule has 122 valence electrons. The quantitative estimate of drug-likeness (QED) is 0.845. The van der Waals surface area contributed by atoms with Crippen LogP contribution in [0.4, 0.5) is 18.9 Å². The second-order valence-electron chi connectivity index (χ2n) is 4.67. The Morgan fingerprint density at radius 2 is 1.91 bits per heavy atom. The fourth-order valence-corrected chi connectivity index (χ4v) is 1.89. The Bertz CT molecular complexity index is 546. The van der Waals surface area contributed by atoms with E-state index in [9.17, 15) is 22.8 Å². The number of aliphatic carboxylic acids is 1. The lowest BCUT2D eigenvalue weighted by molar-refractivity contribution is -0.142. The third-order valence-electron chi connectivity index (χ3n) is 3.16. The summed E-state index contributed by atoms with van der Waals surface area (Å²) >= 11 is 0. The van der Waals surface area contributed by atoms with Crippen molar-refractivity contribution in [3.05, 3.63) is 29.8 Å². The number of alkyl halides is 3. The number of nitrogens with one attached hydrogen (secondary N) is 1. The molecule has 0 aromatic heterocycles. The summed E-state index contributed by atoms with van der Waals surface area (Å²) in [6, 6.07) is 3.71. The first-order chi connectivity index (χ1) is 10.2. The Morgan fingerprint density at radius 3 is 2.41 bits per heavy atom. The van der Waals surface area contributed by atoms with Gasteiger partial charge in [-0.05, 0) is 25.6 Å². The summed E-state index contributed by atoms with van der Waals surface area (Å²) in [5.74, 6) is -1.81. The second-order valence-corrected chi connectivity index (χ2v) is 4.67. The number of para-hydroxylation sites is 1. The van der Waals surface area contributed by atoms with Gasteiger partial charge in [-0.15, -0.1) is 0 Å². The summed E-state index contributed by atoms with van der Waals surface area (Å²) in [7, 11) is 0. The van der Waals surface area contributed by atoms with Crippen molar-refractivity contribution in [1.29, 1.82) is 0 Å². The molecule has 1 atom stereocenters. The molecule has 0 radical (unpaired) electrons. The van der Waals surface area contributed by atoms with E-state index in [-0.39, 0.29) is 18.8 Å². The van der Waals surface area contributed by atoms with Gasteiger partial charge in [0, 0.05) is 0 Å². The van der Waals surface area contributed by atoms with Crippen molar-refractivity contribution in [2.24, 2.45) is 0 Å². The van der Waals surface area contributed by atoms with Crippen LogP contribution >= 0.6 is 0 Å². The lowest BCUT2D eigenvalue weighted by Crippen LogP contribution is -2.43. The third-order valence-corrected chi connectivity index (χ3v) is 3.16. The van der Waals surface area contributed by atoms with Crippen molar-refractivity contribution < 1.29 is 27.9 Å². The van der Waals surface area contributed by atoms with E-state index in [1.165, 1.54) is 24.0 Å². The van der Waals surface area contributed by atoms with Crippen molar-refractivity contribution in [3.63, 3.8) is 0 Å². The van der Waals surface area contributed by atoms with Gasteiger partial charge in [0.2, 0.25) is 5.91 Å². The molecule has 1 rings (SSSR count). The van der Waals surface area contributed by atoms with E-state index in [0.29, 0.717) is 0 Å². The molecule has 0 saturated heterocycles. The maximum absolute atomic E-state index is 12.8. The van der Waals surface area contributed by atoms with E-state index in [1.54, 1.807) is 6.92 Å². The van der Waals surface area contributed by atoms with Crippen LogP contribution in [0.3, 0.4) is 0 Å².